The Labute approximate surface area is 125 Å². The normalized spacial score (nSPS) is 18.0. The van der Waals surface area contributed by atoms with Crippen LogP contribution in [0.25, 0.3) is 0 Å². The van der Waals surface area contributed by atoms with Gasteiger partial charge in [0.25, 0.3) is 0 Å². The molecule has 0 aliphatic carbocycles. The topological polar surface area (TPSA) is 98.7 Å². The molecule has 1 fully saturated rings. The average molecular weight is 309 g/mol. The van der Waals surface area contributed by atoms with Gasteiger partial charge in [-0.25, -0.2) is 9.59 Å². The second-order valence-corrected chi connectivity index (χ2v) is 5.32. The number of carbonyl (C=O) groups excluding carboxylic acids is 2. The quantitative estimate of drug-likeness (QED) is 0.718. The highest BCUT2D eigenvalue weighted by Gasteiger charge is 2.35. The van der Waals surface area contributed by atoms with E-state index in [1.165, 1.54) is 0 Å². The fourth-order valence-corrected chi connectivity index (χ4v) is 2.35. The third-order valence-electron chi connectivity index (χ3n) is 3.07. The van der Waals surface area contributed by atoms with Crippen molar-refractivity contribution in [2.24, 2.45) is 0 Å². The van der Waals surface area contributed by atoms with E-state index in [9.17, 15) is 14.4 Å². The maximum Gasteiger partial charge on any atom is 0.328 e. The number of carbonyl (C=O) groups is 3. The summed E-state index contributed by atoms with van der Waals surface area (Å²) in [5.41, 5.74) is 0.549. The van der Waals surface area contributed by atoms with E-state index in [0.29, 0.717) is 5.69 Å². The van der Waals surface area contributed by atoms with Gasteiger partial charge in [0.15, 0.2) is 0 Å². The molecule has 1 unspecified atom stereocenters. The van der Waals surface area contributed by atoms with E-state index in [1.54, 1.807) is 23.9 Å². The second kappa shape index (κ2) is 6.49. The monoisotopic (exact) mass is 309 g/mol. The lowest BCUT2D eigenvalue weighted by atomic mass is 10.2. The van der Waals surface area contributed by atoms with Crippen molar-refractivity contribution in [1.29, 1.82) is 0 Å². The molecule has 0 bridgehead atoms. The maximum atomic E-state index is 12.1. The molecule has 112 valence electrons. The summed E-state index contributed by atoms with van der Waals surface area (Å²) in [6.45, 7) is -0.362. The Morgan fingerprint density at radius 2 is 2.05 bits per heavy atom. The summed E-state index contributed by atoms with van der Waals surface area (Å²) < 4.78 is 0. The predicted octanol–water partition coefficient (Wildman–Crippen LogP) is 0.825. The van der Waals surface area contributed by atoms with Gasteiger partial charge in [-0.3, -0.25) is 9.69 Å². The van der Waals surface area contributed by atoms with E-state index in [4.69, 9.17) is 5.11 Å². The number of nitrogens with zero attached hydrogens (tertiary/aromatic N) is 1. The van der Waals surface area contributed by atoms with E-state index >= 15 is 0 Å². The van der Waals surface area contributed by atoms with Gasteiger partial charge in [0.05, 0.1) is 0 Å². The highest BCUT2D eigenvalue weighted by atomic mass is 32.2. The average Bonchev–Trinajstić information content (AvgIpc) is 2.47. The molecule has 21 heavy (non-hydrogen) atoms. The molecule has 1 atom stereocenters. The molecule has 0 saturated carbocycles. The van der Waals surface area contributed by atoms with Crippen LogP contribution in [0.5, 0.6) is 0 Å². The molecule has 0 aromatic heterocycles. The van der Waals surface area contributed by atoms with Gasteiger partial charge < -0.3 is 15.7 Å². The van der Waals surface area contributed by atoms with Crippen LogP contribution in [-0.4, -0.2) is 53.3 Å². The summed E-state index contributed by atoms with van der Waals surface area (Å²) in [4.78, 5) is 36.7. The molecule has 1 aromatic carbocycles. The van der Waals surface area contributed by atoms with Crippen LogP contribution in [-0.2, 0) is 9.59 Å². The number of piperazine rings is 1. The largest absolute Gasteiger partial charge is 0.480 e. The lowest BCUT2D eigenvalue weighted by molar-refractivity contribution is -0.144. The van der Waals surface area contributed by atoms with Crippen molar-refractivity contribution in [3.63, 3.8) is 0 Å². The van der Waals surface area contributed by atoms with Gasteiger partial charge in [-0.1, -0.05) is 0 Å². The third kappa shape index (κ3) is 3.66. The number of hydrogen-bond acceptors (Lipinski definition) is 4. The molecule has 1 aromatic rings. The molecule has 0 spiro atoms. The Kier molecular flexibility index (Phi) is 4.69. The zero-order valence-electron chi connectivity index (χ0n) is 11.3. The van der Waals surface area contributed by atoms with Crippen molar-refractivity contribution in [3.05, 3.63) is 24.3 Å². The van der Waals surface area contributed by atoms with Crippen LogP contribution in [0, 0.1) is 0 Å². The fraction of sp³-hybridized carbons (Fsp3) is 0.308. The number of hydrogen-bond donors (Lipinski definition) is 3. The number of benzene rings is 1. The first-order chi connectivity index (χ1) is 10.0. The van der Waals surface area contributed by atoms with Gasteiger partial charge in [-0.2, -0.15) is 0 Å². The van der Waals surface area contributed by atoms with Gasteiger partial charge in [0.2, 0.25) is 5.91 Å². The molecular weight excluding hydrogens is 294 g/mol. The Balaban J connectivity index is 2.08. The maximum absolute atomic E-state index is 12.1. The summed E-state index contributed by atoms with van der Waals surface area (Å²) in [6.07, 6.45) is 1.94. The van der Waals surface area contributed by atoms with Gasteiger partial charge in [-0.15, -0.1) is 11.8 Å². The summed E-state index contributed by atoms with van der Waals surface area (Å²) in [5.74, 6) is -1.52. The molecule has 1 heterocycles. The Bertz CT molecular complexity index is 561. The minimum atomic E-state index is -1.15. The number of carboxylic acids is 1. The second-order valence-electron chi connectivity index (χ2n) is 4.44. The number of thioether (sulfide) groups is 1. The van der Waals surface area contributed by atoms with Crippen LogP contribution < -0.4 is 10.6 Å². The van der Waals surface area contributed by atoms with E-state index in [1.807, 2.05) is 18.4 Å². The first-order valence-corrected chi connectivity index (χ1v) is 7.45. The number of urea groups is 1. The summed E-state index contributed by atoms with van der Waals surface area (Å²) in [7, 11) is 0. The highest BCUT2D eigenvalue weighted by Crippen LogP contribution is 2.18. The fourth-order valence-electron chi connectivity index (χ4n) is 1.95. The Morgan fingerprint density at radius 1 is 1.38 bits per heavy atom. The Hall–Kier alpha value is -2.22. The molecule has 8 heteroatoms. The van der Waals surface area contributed by atoms with Crippen LogP contribution in [0.2, 0.25) is 0 Å². The SMILES string of the molecule is CSc1ccc(NC(=O)N2CC(=O)NCC2C(=O)O)cc1. The molecule has 1 aliphatic heterocycles. The first-order valence-electron chi connectivity index (χ1n) is 6.22. The third-order valence-corrected chi connectivity index (χ3v) is 3.81. The van der Waals surface area contributed by atoms with Crippen molar-refractivity contribution in [1.82, 2.24) is 10.2 Å². The minimum Gasteiger partial charge on any atom is -0.480 e. The van der Waals surface area contributed by atoms with Gasteiger partial charge in [0.1, 0.15) is 12.6 Å². The predicted molar refractivity (Wildman–Crippen MR) is 78.4 cm³/mol. The van der Waals surface area contributed by atoms with Crippen molar-refractivity contribution in [2.75, 3.05) is 24.7 Å². The number of amides is 3. The summed E-state index contributed by atoms with van der Waals surface area (Å²) in [6, 6.07) is 5.48. The number of nitrogens with one attached hydrogen (secondary N) is 2. The highest BCUT2D eigenvalue weighted by molar-refractivity contribution is 7.98. The number of anilines is 1. The molecule has 3 amide bonds. The summed E-state index contributed by atoms with van der Waals surface area (Å²) >= 11 is 1.58. The number of carboxylic acid groups (broad SMARTS) is 1. The van der Waals surface area contributed by atoms with Crippen LogP contribution in [0.3, 0.4) is 0 Å². The molecule has 3 N–H and O–H groups in total. The minimum absolute atomic E-state index is 0.0903. The smallest absolute Gasteiger partial charge is 0.328 e. The van der Waals surface area contributed by atoms with Crippen LogP contribution in [0.4, 0.5) is 10.5 Å². The van der Waals surface area contributed by atoms with Crippen LogP contribution >= 0.6 is 11.8 Å². The van der Waals surface area contributed by atoms with E-state index in [2.05, 4.69) is 10.6 Å². The van der Waals surface area contributed by atoms with Gasteiger partial charge in [-0.05, 0) is 30.5 Å². The molecule has 7 nitrogen and oxygen atoms in total. The molecule has 0 radical (unpaired) electrons. The van der Waals surface area contributed by atoms with E-state index in [0.717, 1.165) is 9.80 Å². The molecule has 2 rings (SSSR count). The van der Waals surface area contributed by atoms with Crippen LogP contribution in [0.15, 0.2) is 29.2 Å². The Morgan fingerprint density at radius 3 is 2.62 bits per heavy atom. The zero-order chi connectivity index (χ0) is 15.4. The number of aliphatic carboxylic acids is 1. The lowest BCUT2D eigenvalue weighted by Gasteiger charge is -2.32. The molecule has 1 saturated heterocycles. The van der Waals surface area contributed by atoms with Gasteiger partial charge in [0, 0.05) is 17.1 Å². The zero-order valence-corrected chi connectivity index (χ0v) is 12.1. The van der Waals surface area contributed by atoms with Gasteiger partial charge >= 0.3 is 12.0 Å². The van der Waals surface area contributed by atoms with Crippen molar-refractivity contribution in [2.45, 2.75) is 10.9 Å². The van der Waals surface area contributed by atoms with Crippen LogP contribution in [0.1, 0.15) is 0 Å². The van der Waals surface area contributed by atoms with E-state index < -0.39 is 18.0 Å². The lowest BCUT2D eigenvalue weighted by Crippen LogP contribution is -2.60. The summed E-state index contributed by atoms with van der Waals surface area (Å²) in [5, 5.41) is 14.1. The standard InChI is InChI=1S/C13H15N3O4S/c1-21-9-4-2-8(3-5-9)15-13(20)16-7-11(17)14-6-10(16)12(18)19/h2-5,10H,6-7H2,1H3,(H,14,17)(H,15,20)(H,18,19). The van der Waals surface area contributed by atoms with Crippen molar-refractivity contribution in [3.8, 4) is 0 Å². The van der Waals surface area contributed by atoms with Crippen molar-refractivity contribution < 1.29 is 19.5 Å². The molecular formula is C13H15N3O4S. The number of rotatable bonds is 3. The molecule has 1 aliphatic rings. The van der Waals surface area contributed by atoms with E-state index in [-0.39, 0.29) is 19.0 Å². The van der Waals surface area contributed by atoms with Crippen molar-refractivity contribution >= 4 is 35.4 Å². The first kappa shape index (κ1) is 15.2.